The second kappa shape index (κ2) is 8.97. The highest BCUT2D eigenvalue weighted by atomic mass is 79.9. The van der Waals surface area contributed by atoms with Crippen LogP contribution in [0.3, 0.4) is 0 Å². The number of nitrogens with one attached hydrogen (secondary N) is 2. The summed E-state index contributed by atoms with van der Waals surface area (Å²) in [6.07, 6.45) is 0.275. The third kappa shape index (κ3) is 5.81. The maximum absolute atomic E-state index is 12.6. The summed E-state index contributed by atoms with van der Waals surface area (Å²) in [6, 6.07) is 14.5. The molecule has 2 N–H and O–H groups in total. The molecule has 1 aromatic carbocycles. The molecule has 5 nitrogen and oxygen atoms in total. The molecule has 0 aliphatic rings. The van der Waals surface area contributed by atoms with Crippen LogP contribution in [-0.2, 0) is 11.2 Å². The Bertz CT molecular complexity index is 972. The number of furan rings is 1. The van der Waals surface area contributed by atoms with Crippen LogP contribution >= 0.6 is 27.3 Å². The van der Waals surface area contributed by atoms with Gasteiger partial charge in [-0.15, -0.1) is 11.3 Å². The Balaban J connectivity index is 1.60. The van der Waals surface area contributed by atoms with Crippen LogP contribution in [0.4, 0.5) is 5.69 Å². The molecule has 152 valence electrons. The van der Waals surface area contributed by atoms with Crippen LogP contribution in [0.2, 0.25) is 0 Å². The molecule has 1 atom stereocenters. The fourth-order valence-electron chi connectivity index (χ4n) is 2.90. The highest BCUT2D eigenvalue weighted by Crippen LogP contribution is 2.35. The van der Waals surface area contributed by atoms with E-state index in [9.17, 15) is 9.59 Å². The van der Waals surface area contributed by atoms with E-state index in [1.165, 1.54) is 0 Å². The number of hydrogen-bond donors (Lipinski definition) is 2. The van der Waals surface area contributed by atoms with E-state index in [1.807, 2.05) is 23.6 Å². The highest BCUT2D eigenvalue weighted by Gasteiger charge is 2.28. The normalized spacial score (nSPS) is 12.4. The molecule has 0 saturated carbocycles. The molecule has 0 saturated heterocycles. The third-order valence-electron chi connectivity index (χ3n) is 4.37. The molecule has 29 heavy (non-hydrogen) atoms. The van der Waals surface area contributed by atoms with Crippen molar-refractivity contribution in [3.05, 3.63) is 74.8 Å². The summed E-state index contributed by atoms with van der Waals surface area (Å²) in [5, 5.41) is 7.96. The van der Waals surface area contributed by atoms with Gasteiger partial charge in [0.05, 0.1) is 12.5 Å². The van der Waals surface area contributed by atoms with Gasteiger partial charge in [-0.3, -0.25) is 9.59 Å². The van der Waals surface area contributed by atoms with E-state index in [4.69, 9.17) is 4.42 Å². The number of hydrogen-bond acceptors (Lipinski definition) is 4. The van der Waals surface area contributed by atoms with Gasteiger partial charge in [-0.1, -0.05) is 39.0 Å². The van der Waals surface area contributed by atoms with Crippen molar-refractivity contribution < 1.29 is 14.0 Å². The second-order valence-corrected chi connectivity index (χ2v) is 9.57. The Kier molecular flexibility index (Phi) is 6.59. The first-order valence-electron chi connectivity index (χ1n) is 9.21. The molecule has 3 aromatic rings. The zero-order chi connectivity index (χ0) is 21.0. The summed E-state index contributed by atoms with van der Waals surface area (Å²) in [5.41, 5.74) is 1.42. The lowest BCUT2D eigenvalue weighted by Gasteiger charge is -2.30. The van der Waals surface area contributed by atoms with Crippen molar-refractivity contribution in [1.82, 2.24) is 5.32 Å². The molecule has 0 radical (unpaired) electrons. The van der Waals surface area contributed by atoms with Crippen molar-refractivity contribution in [1.29, 1.82) is 0 Å². The third-order valence-corrected chi connectivity index (χ3v) is 5.74. The van der Waals surface area contributed by atoms with Gasteiger partial charge in [0.15, 0.2) is 10.4 Å². The van der Waals surface area contributed by atoms with Gasteiger partial charge in [-0.05, 0) is 62.6 Å². The molecule has 0 fully saturated rings. The summed E-state index contributed by atoms with van der Waals surface area (Å²) < 4.78 is 5.74. The van der Waals surface area contributed by atoms with E-state index in [1.54, 1.807) is 35.6 Å². The number of halogens is 1. The quantitative estimate of drug-likeness (QED) is 0.473. The molecule has 1 unspecified atom stereocenters. The van der Waals surface area contributed by atoms with Crippen molar-refractivity contribution in [2.45, 2.75) is 33.2 Å². The molecule has 0 spiro atoms. The summed E-state index contributed by atoms with van der Waals surface area (Å²) in [7, 11) is 0. The Hall–Kier alpha value is -2.38. The molecule has 3 rings (SSSR count). The van der Waals surface area contributed by atoms with E-state index in [0.717, 1.165) is 10.4 Å². The predicted octanol–water partition coefficient (Wildman–Crippen LogP) is 5.80. The lowest BCUT2D eigenvalue weighted by atomic mass is 9.85. The van der Waals surface area contributed by atoms with Crippen molar-refractivity contribution in [3.63, 3.8) is 0 Å². The smallest absolute Gasteiger partial charge is 0.291 e. The zero-order valence-electron chi connectivity index (χ0n) is 16.5. The number of carbonyl (C=O) groups excluding carboxylic acids is 2. The first-order chi connectivity index (χ1) is 13.7. The van der Waals surface area contributed by atoms with Gasteiger partial charge in [0.1, 0.15) is 0 Å². The number of carbonyl (C=O) groups is 2. The lowest BCUT2D eigenvalue weighted by Crippen LogP contribution is -2.37. The Labute approximate surface area is 182 Å². The van der Waals surface area contributed by atoms with E-state index in [0.29, 0.717) is 10.4 Å². The monoisotopic (exact) mass is 474 g/mol. The number of thiophene rings is 1. The van der Waals surface area contributed by atoms with Crippen molar-refractivity contribution >= 4 is 44.8 Å². The van der Waals surface area contributed by atoms with Crippen molar-refractivity contribution in [2.75, 3.05) is 5.32 Å². The molecule has 2 amide bonds. The highest BCUT2D eigenvalue weighted by molar-refractivity contribution is 9.10. The predicted molar refractivity (Wildman–Crippen MR) is 119 cm³/mol. The fourth-order valence-corrected chi connectivity index (χ4v) is 4.23. The number of benzene rings is 1. The first-order valence-corrected chi connectivity index (χ1v) is 10.9. The van der Waals surface area contributed by atoms with Crippen LogP contribution in [0.1, 0.15) is 47.8 Å². The fraction of sp³-hybridized carbons (Fsp3) is 0.273. The molecule has 0 aliphatic heterocycles. The van der Waals surface area contributed by atoms with Gasteiger partial charge in [0.2, 0.25) is 5.91 Å². The van der Waals surface area contributed by atoms with Crippen LogP contribution in [0.5, 0.6) is 0 Å². The molecular formula is C22H23BrN2O3S. The van der Waals surface area contributed by atoms with Gasteiger partial charge in [-0.25, -0.2) is 0 Å². The molecule has 0 bridgehead atoms. The second-order valence-electron chi connectivity index (χ2n) is 7.81. The van der Waals surface area contributed by atoms with Gasteiger partial charge < -0.3 is 15.1 Å². The minimum absolute atomic E-state index is 0.0319. The largest absolute Gasteiger partial charge is 0.444 e. The average Bonchev–Trinajstić information content (AvgIpc) is 3.32. The lowest BCUT2D eigenvalue weighted by molar-refractivity contribution is -0.122. The van der Waals surface area contributed by atoms with Gasteiger partial charge in [-0.2, -0.15) is 0 Å². The van der Waals surface area contributed by atoms with Crippen LogP contribution < -0.4 is 10.6 Å². The standard InChI is InChI=1S/C22H23BrN2O3S/c1-22(2,3)20(17-5-4-12-29-17)25-19(26)13-14-6-8-15(9-7-14)24-21(27)16-10-11-18(23)28-16/h4-12,20H,13H2,1-3H3,(H,24,27)(H,25,26). The summed E-state index contributed by atoms with van der Waals surface area (Å²) in [5.74, 6) is -0.136. The summed E-state index contributed by atoms with van der Waals surface area (Å²) in [6.45, 7) is 6.35. The molecule has 0 aliphatic carbocycles. The molecular weight excluding hydrogens is 452 g/mol. The number of anilines is 1. The van der Waals surface area contributed by atoms with E-state index in [-0.39, 0.29) is 35.5 Å². The molecule has 7 heteroatoms. The number of amides is 2. The van der Waals surface area contributed by atoms with Crippen LogP contribution in [-0.4, -0.2) is 11.8 Å². The summed E-state index contributed by atoms with van der Waals surface area (Å²) >= 11 is 4.82. The molecule has 2 aromatic heterocycles. The van der Waals surface area contributed by atoms with Crippen LogP contribution in [0.25, 0.3) is 0 Å². The van der Waals surface area contributed by atoms with E-state index < -0.39 is 0 Å². The Morgan fingerprint density at radius 2 is 1.83 bits per heavy atom. The van der Waals surface area contributed by atoms with Gasteiger partial charge in [0, 0.05) is 10.6 Å². The van der Waals surface area contributed by atoms with Crippen LogP contribution in [0, 0.1) is 5.41 Å². The SMILES string of the molecule is CC(C)(C)C(NC(=O)Cc1ccc(NC(=O)c2ccc(Br)o2)cc1)c1cccs1. The minimum Gasteiger partial charge on any atom is -0.444 e. The number of rotatable bonds is 6. The van der Waals surface area contributed by atoms with Gasteiger partial charge >= 0.3 is 0 Å². The van der Waals surface area contributed by atoms with Crippen molar-refractivity contribution in [2.24, 2.45) is 5.41 Å². The summed E-state index contributed by atoms with van der Waals surface area (Å²) in [4.78, 5) is 25.9. The van der Waals surface area contributed by atoms with E-state index >= 15 is 0 Å². The molecule has 2 heterocycles. The van der Waals surface area contributed by atoms with E-state index in [2.05, 4.69) is 53.4 Å². The van der Waals surface area contributed by atoms with Crippen molar-refractivity contribution in [3.8, 4) is 0 Å². The maximum Gasteiger partial charge on any atom is 0.291 e. The van der Waals surface area contributed by atoms with Gasteiger partial charge in [0.25, 0.3) is 5.91 Å². The average molecular weight is 475 g/mol. The minimum atomic E-state index is -0.329. The Morgan fingerprint density at radius 1 is 1.10 bits per heavy atom. The first kappa shape index (κ1) is 21.3. The maximum atomic E-state index is 12.6. The van der Waals surface area contributed by atoms with Crippen LogP contribution in [0.15, 0.2) is 63.0 Å². The Morgan fingerprint density at radius 3 is 2.38 bits per heavy atom. The zero-order valence-corrected chi connectivity index (χ0v) is 18.9. The topological polar surface area (TPSA) is 71.3 Å².